The molecular formula is C23H16O10. The van der Waals surface area contributed by atoms with Crippen molar-refractivity contribution in [1.82, 2.24) is 0 Å². The van der Waals surface area contributed by atoms with Crippen LogP contribution in [0.1, 0.15) is 10.4 Å². The Hall–Kier alpha value is -4.86. The third-order valence-corrected chi connectivity index (χ3v) is 4.83. The monoisotopic (exact) mass is 452 g/mol. The normalized spacial score (nSPS) is 10.8. The third-order valence-electron chi connectivity index (χ3n) is 4.83. The molecule has 168 valence electrons. The fraction of sp³-hybridized carbons (Fsp3) is 0.0435. The minimum absolute atomic E-state index is 0.0378. The number of esters is 1. The number of phenols is 4. The van der Waals surface area contributed by atoms with E-state index in [0.717, 1.165) is 18.2 Å². The van der Waals surface area contributed by atoms with E-state index in [0.29, 0.717) is 5.75 Å². The van der Waals surface area contributed by atoms with Gasteiger partial charge in [-0.25, -0.2) is 4.79 Å². The molecule has 10 heteroatoms. The molecular weight excluding hydrogens is 436 g/mol. The smallest absolute Gasteiger partial charge is 0.343 e. The predicted molar refractivity (Wildman–Crippen MR) is 114 cm³/mol. The van der Waals surface area contributed by atoms with Gasteiger partial charge >= 0.3 is 5.97 Å². The van der Waals surface area contributed by atoms with Crippen LogP contribution in [0.2, 0.25) is 0 Å². The SMILES string of the molecule is COc1ccc(C(=O)Oc2c(O)cc3oc(-c4ccc(O)c(O)c4)c(O)c(=O)c3c2O)cc1. The maximum Gasteiger partial charge on any atom is 0.343 e. The van der Waals surface area contributed by atoms with Crippen LogP contribution in [0.25, 0.3) is 22.3 Å². The first-order valence-corrected chi connectivity index (χ1v) is 9.34. The molecule has 0 aliphatic rings. The fourth-order valence-electron chi connectivity index (χ4n) is 3.13. The highest BCUT2D eigenvalue weighted by molar-refractivity contribution is 5.95. The average molecular weight is 452 g/mol. The molecule has 1 heterocycles. The fourth-order valence-corrected chi connectivity index (χ4v) is 3.13. The summed E-state index contributed by atoms with van der Waals surface area (Å²) in [5.74, 6) is -5.04. The molecule has 0 saturated carbocycles. The number of benzene rings is 3. The summed E-state index contributed by atoms with van der Waals surface area (Å²) in [5, 5.41) is 49.8. The Bertz CT molecular complexity index is 1450. The molecule has 5 N–H and O–H groups in total. The largest absolute Gasteiger partial charge is 0.504 e. The second-order valence-electron chi connectivity index (χ2n) is 6.88. The van der Waals surface area contributed by atoms with Crippen molar-refractivity contribution in [1.29, 1.82) is 0 Å². The molecule has 0 atom stereocenters. The van der Waals surface area contributed by atoms with Crippen LogP contribution in [0.15, 0.2) is 57.7 Å². The van der Waals surface area contributed by atoms with Crippen LogP contribution in [-0.4, -0.2) is 38.6 Å². The van der Waals surface area contributed by atoms with E-state index in [1.54, 1.807) is 0 Å². The van der Waals surface area contributed by atoms with Crippen LogP contribution < -0.4 is 14.9 Å². The first-order chi connectivity index (χ1) is 15.7. The maximum absolute atomic E-state index is 12.8. The Kier molecular flexibility index (Phi) is 5.18. The number of carbonyl (C=O) groups excluding carboxylic acids is 1. The number of aromatic hydroxyl groups is 5. The van der Waals surface area contributed by atoms with Gasteiger partial charge in [-0.05, 0) is 42.5 Å². The number of carbonyl (C=O) groups is 1. The van der Waals surface area contributed by atoms with Gasteiger partial charge in [0.05, 0.1) is 12.7 Å². The van der Waals surface area contributed by atoms with Crippen LogP contribution in [0.5, 0.6) is 40.2 Å². The van der Waals surface area contributed by atoms with E-state index in [-0.39, 0.29) is 22.5 Å². The molecule has 4 rings (SSSR count). The van der Waals surface area contributed by atoms with Crippen molar-refractivity contribution in [2.75, 3.05) is 7.11 Å². The van der Waals surface area contributed by atoms with Crippen molar-refractivity contribution in [2.24, 2.45) is 0 Å². The number of methoxy groups -OCH3 is 1. The Morgan fingerprint density at radius 1 is 0.848 bits per heavy atom. The van der Waals surface area contributed by atoms with Gasteiger partial charge in [0.2, 0.25) is 16.9 Å². The van der Waals surface area contributed by atoms with Gasteiger partial charge in [0.25, 0.3) is 0 Å². The highest BCUT2D eigenvalue weighted by atomic mass is 16.5. The molecule has 10 nitrogen and oxygen atoms in total. The summed E-state index contributed by atoms with van der Waals surface area (Å²) in [6.45, 7) is 0. The maximum atomic E-state index is 12.8. The van der Waals surface area contributed by atoms with Gasteiger partial charge in [0.1, 0.15) is 16.7 Å². The molecule has 33 heavy (non-hydrogen) atoms. The molecule has 0 saturated heterocycles. The van der Waals surface area contributed by atoms with Gasteiger partial charge in [-0.2, -0.15) is 0 Å². The summed E-state index contributed by atoms with van der Waals surface area (Å²) in [6, 6.07) is 10.2. The highest BCUT2D eigenvalue weighted by Crippen LogP contribution is 2.44. The van der Waals surface area contributed by atoms with Crippen LogP contribution >= 0.6 is 0 Å². The van der Waals surface area contributed by atoms with E-state index in [4.69, 9.17) is 13.9 Å². The summed E-state index contributed by atoms with van der Waals surface area (Å²) in [7, 11) is 1.45. The van der Waals surface area contributed by atoms with Crippen LogP contribution in [0, 0.1) is 0 Å². The van der Waals surface area contributed by atoms with Crippen molar-refractivity contribution in [2.45, 2.75) is 0 Å². The number of fused-ring (bicyclic) bond motifs is 1. The molecule has 0 spiro atoms. The molecule has 0 aliphatic heterocycles. The van der Waals surface area contributed by atoms with E-state index in [1.165, 1.54) is 37.4 Å². The molecule has 0 unspecified atom stereocenters. The first kappa shape index (κ1) is 21.4. The van der Waals surface area contributed by atoms with Crippen molar-refractivity contribution < 1.29 is 44.2 Å². The predicted octanol–water partition coefficient (Wildman–Crippen LogP) is 3.22. The molecule has 3 aromatic carbocycles. The number of hydrogen-bond donors (Lipinski definition) is 5. The van der Waals surface area contributed by atoms with E-state index >= 15 is 0 Å². The molecule has 4 aromatic rings. The molecule has 0 aliphatic carbocycles. The Morgan fingerprint density at radius 3 is 2.18 bits per heavy atom. The van der Waals surface area contributed by atoms with Crippen molar-refractivity contribution in [3.63, 3.8) is 0 Å². The minimum atomic E-state index is -1.09. The number of ether oxygens (including phenoxy) is 2. The second-order valence-corrected chi connectivity index (χ2v) is 6.88. The van der Waals surface area contributed by atoms with Gasteiger partial charge in [-0.1, -0.05) is 0 Å². The Balaban J connectivity index is 1.80. The standard InChI is InChI=1S/C23H16O10/c1-31-12-5-2-10(3-6-12)23(30)33-22-15(26)9-16-17(19(22)28)18(27)20(29)21(32-16)11-4-7-13(24)14(25)8-11/h2-9,24-26,28-29H,1H3. The summed E-state index contributed by atoms with van der Waals surface area (Å²) >= 11 is 0. The van der Waals surface area contributed by atoms with Crippen LogP contribution in [0.3, 0.4) is 0 Å². The van der Waals surface area contributed by atoms with Crippen LogP contribution in [-0.2, 0) is 0 Å². The van der Waals surface area contributed by atoms with Crippen LogP contribution in [0.4, 0.5) is 0 Å². The third kappa shape index (κ3) is 3.69. The van der Waals surface area contributed by atoms with E-state index in [2.05, 4.69) is 0 Å². The van der Waals surface area contributed by atoms with Gasteiger partial charge < -0.3 is 39.4 Å². The quantitative estimate of drug-likeness (QED) is 0.176. The van der Waals surface area contributed by atoms with Gasteiger partial charge in [-0.15, -0.1) is 0 Å². The Morgan fingerprint density at radius 2 is 1.55 bits per heavy atom. The zero-order valence-corrected chi connectivity index (χ0v) is 16.9. The van der Waals surface area contributed by atoms with Gasteiger partial charge in [-0.3, -0.25) is 4.79 Å². The molecule has 0 bridgehead atoms. The lowest BCUT2D eigenvalue weighted by atomic mass is 10.1. The molecule has 0 fully saturated rings. The summed E-state index contributed by atoms with van der Waals surface area (Å²) in [5.41, 5.74) is -1.31. The lowest BCUT2D eigenvalue weighted by Gasteiger charge is -2.12. The lowest BCUT2D eigenvalue weighted by Crippen LogP contribution is -2.10. The summed E-state index contributed by atoms with van der Waals surface area (Å²) in [4.78, 5) is 25.2. The minimum Gasteiger partial charge on any atom is -0.504 e. The van der Waals surface area contributed by atoms with Crippen molar-refractivity contribution in [3.8, 4) is 51.6 Å². The van der Waals surface area contributed by atoms with Gasteiger partial charge in [0.15, 0.2) is 28.8 Å². The lowest BCUT2D eigenvalue weighted by molar-refractivity contribution is 0.0724. The topological polar surface area (TPSA) is 167 Å². The highest BCUT2D eigenvalue weighted by Gasteiger charge is 2.25. The second kappa shape index (κ2) is 8.00. The molecule has 1 aromatic heterocycles. The number of phenolic OH excluding ortho intramolecular Hbond substituents is 4. The zero-order chi connectivity index (χ0) is 23.9. The molecule has 0 amide bonds. The van der Waals surface area contributed by atoms with Crippen molar-refractivity contribution >= 4 is 16.9 Å². The van der Waals surface area contributed by atoms with E-state index in [1.807, 2.05) is 0 Å². The zero-order valence-electron chi connectivity index (χ0n) is 16.9. The summed E-state index contributed by atoms with van der Waals surface area (Å²) in [6.07, 6.45) is 0. The molecule has 0 radical (unpaired) electrons. The van der Waals surface area contributed by atoms with E-state index < -0.39 is 51.3 Å². The average Bonchev–Trinajstić information content (AvgIpc) is 2.80. The number of rotatable bonds is 4. The van der Waals surface area contributed by atoms with Gasteiger partial charge in [0, 0.05) is 11.6 Å². The Labute approximate surface area is 184 Å². The number of hydrogen-bond acceptors (Lipinski definition) is 10. The van der Waals surface area contributed by atoms with Crippen molar-refractivity contribution in [3.05, 3.63) is 64.3 Å². The first-order valence-electron chi connectivity index (χ1n) is 9.34. The summed E-state index contributed by atoms with van der Waals surface area (Å²) < 4.78 is 15.6. The van der Waals surface area contributed by atoms with E-state index in [9.17, 15) is 35.1 Å².